The number of halogens is 1. The number of amides is 1. The number of H-pyrrole nitrogens is 1. The number of aromatic amines is 1. The number of rotatable bonds is 6. The molecule has 0 unspecified atom stereocenters. The fraction of sp³-hybridized carbons (Fsp3) is 0.318. The van der Waals surface area contributed by atoms with E-state index in [0.29, 0.717) is 22.5 Å². The molecule has 0 aliphatic heterocycles. The van der Waals surface area contributed by atoms with E-state index in [2.05, 4.69) is 38.0 Å². The third kappa shape index (κ3) is 5.08. The Kier molecular flexibility index (Phi) is 6.80. The lowest BCUT2D eigenvalue weighted by Gasteiger charge is -2.26. The molecule has 0 radical (unpaired) electrons. The Labute approximate surface area is 183 Å². The van der Waals surface area contributed by atoms with E-state index in [1.807, 2.05) is 45.9 Å². The van der Waals surface area contributed by atoms with Crippen molar-refractivity contribution in [3.8, 4) is 0 Å². The molecule has 1 amide bonds. The molecule has 1 heterocycles. The van der Waals surface area contributed by atoms with Gasteiger partial charge in [0, 0.05) is 15.4 Å². The molecule has 0 spiro atoms. The molecule has 7 heteroatoms. The van der Waals surface area contributed by atoms with E-state index in [1.165, 1.54) is 11.8 Å². The summed E-state index contributed by atoms with van der Waals surface area (Å²) in [6.07, 6.45) is 0. The highest BCUT2D eigenvalue weighted by molar-refractivity contribution is 9.10. The lowest BCUT2D eigenvalue weighted by atomic mass is 10.2. The van der Waals surface area contributed by atoms with Crippen LogP contribution in [0.2, 0.25) is 0 Å². The molecular weight excluding hydrogens is 450 g/mol. The summed E-state index contributed by atoms with van der Waals surface area (Å²) in [5, 5.41) is 0.551. The number of aryl methyl sites for hydroxylation is 2. The standard InChI is InChI=1S/C22H24BrN3O2S/c1-13(2)26(11-20-24-18-8-6-5-7-16(18)22(28)25-20)21(27)12-29-19-10-14(3)17(23)9-15(19)4/h5-10,13H,11-12H2,1-4H3,(H,24,25,28). The second-order valence-corrected chi connectivity index (χ2v) is 9.17. The van der Waals surface area contributed by atoms with Gasteiger partial charge >= 0.3 is 0 Å². The van der Waals surface area contributed by atoms with E-state index in [9.17, 15) is 9.59 Å². The molecule has 5 nitrogen and oxygen atoms in total. The number of benzene rings is 2. The first-order valence-electron chi connectivity index (χ1n) is 9.43. The summed E-state index contributed by atoms with van der Waals surface area (Å²) in [5.74, 6) is 0.843. The molecule has 0 fully saturated rings. The quantitative estimate of drug-likeness (QED) is 0.520. The molecule has 3 aromatic rings. The van der Waals surface area contributed by atoms with Crippen molar-refractivity contribution in [3.63, 3.8) is 0 Å². The van der Waals surface area contributed by atoms with Crippen LogP contribution in [-0.4, -0.2) is 32.6 Å². The van der Waals surface area contributed by atoms with E-state index < -0.39 is 0 Å². The lowest BCUT2D eigenvalue weighted by molar-refractivity contribution is -0.130. The van der Waals surface area contributed by atoms with Gasteiger partial charge in [0.25, 0.3) is 5.56 Å². The van der Waals surface area contributed by atoms with Crippen LogP contribution in [0.15, 0.2) is 50.6 Å². The van der Waals surface area contributed by atoms with Crippen molar-refractivity contribution in [2.24, 2.45) is 0 Å². The molecule has 0 bridgehead atoms. The van der Waals surface area contributed by atoms with Gasteiger partial charge in [-0.1, -0.05) is 28.1 Å². The van der Waals surface area contributed by atoms with Crippen molar-refractivity contribution in [2.75, 3.05) is 5.75 Å². The van der Waals surface area contributed by atoms with Gasteiger partial charge in [0.05, 0.1) is 23.2 Å². The Bertz CT molecular complexity index is 1110. The third-order valence-electron chi connectivity index (χ3n) is 4.73. The van der Waals surface area contributed by atoms with Crippen LogP contribution < -0.4 is 5.56 Å². The molecular formula is C22H24BrN3O2S. The Morgan fingerprint density at radius 1 is 1.21 bits per heavy atom. The summed E-state index contributed by atoms with van der Waals surface area (Å²) in [6.45, 7) is 8.29. The van der Waals surface area contributed by atoms with E-state index in [4.69, 9.17) is 0 Å². The summed E-state index contributed by atoms with van der Waals surface area (Å²) in [6, 6.07) is 11.4. The number of para-hydroxylation sites is 1. The lowest BCUT2D eigenvalue weighted by Crippen LogP contribution is -2.38. The number of hydrogen-bond acceptors (Lipinski definition) is 4. The first-order valence-corrected chi connectivity index (χ1v) is 11.2. The smallest absolute Gasteiger partial charge is 0.258 e. The van der Waals surface area contributed by atoms with E-state index in [-0.39, 0.29) is 24.1 Å². The Morgan fingerprint density at radius 3 is 2.66 bits per heavy atom. The minimum Gasteiger partial charge on any atom is -0.332 e. The summed E-state index contributed by atoms with van der Waals surface area (Å²) in [5.41, 5.74) is 2.73. The van der Waals surface area contributed by atoms with E-state index in [1.54, 1.807) is 11.0 Å². The highest BCUT2D eigenvalue weighted by Gasteiger charge is 2.19. The summed E-state index contributed by atoms with van der Waals surface area (Å²) in [7, 11) is 0. The van der Waals surface area contributed by atoms with Crippen LogP contribution in [0.25, 0.3) is 10.9 Å². The third-order valence-corrected chi connectivity index (χ3v) is 6.73. The molecule has 0 aliphatic rings. The minimum atomic E-state index is -0.183. The van der Waals surface area contributed by atoms with Gasteiger partial charge in [-0.25, -0.2) is 4.98 Å². The second-order valence-electron chi connectivity index (χ2n) is 7.30. The number of thioether (sulfide) groups is 1. The predicted octanol–water partition coefficient (Wildman–Crippen LogP) is 4.83. The van der Waals surface area contributed by atoms with Crippen molar-refractivity contribution >= 4 is 44.5 Å². The normalized spacial score (nSPS) is 11.2. The monoisotopic (exact) mass is 473 g/mol. The SMILES string of the molecule is Cc1cc(SCC(=O)N(Cc2nc3ccccc3c(=O)[nH]2)C(C)C)c(C)cc1Br. The van der Waals surface area contributed by atoms with Crippen LogP contribution in [0.4, 0.5) is 0 Å². The first-order chi connectivity index (χ1) is 13.8. The van der Waals surface area contributed by atoms with Gasteiger partial charge in [0.1, 0.15) is 5.82 Å². The zero-order chi connectivity index (χ0) is 21.1. The van der Waals surface area contributed by atoms with Crippen LogP contribution in [0.3, 0.4) is 0 Å². The molecule has 0 saturated carbocycles. The average Bonchev–Trinajstić information content (AvgIpc) is 2.67. The average molecular weight is 474 g/mol. The van der Waals surface area contributed by atoms with Crippen molar-refractivity contribution in [1.82, 2.24) is 14.9 Å². The number of fused-ring (bicyclic) bond motifs is 1. The minimum absolute atomic E-state index is 0.00683. The topological polar surface area (TPSA) is 66.1 Å². The van der Waals surface area contributed by atoms with Gasteiger partial charge in [0.2, 0.25) is 5.91 Å². The molecule has 1 N–H and O–H groups in total. The molecule has 29 heavy (non-hydrogen) atoms. The van der Waals surface area contributed by atoms with Gasteiger partial charge in [0.15, 0.2) is 0 Å². The molecule has 2 aromatic carbocycles. The zero-order valence-corrected chi connectivity index (χ0v) is 19.4. The Morgan fingerprint density at radius 2 is 1.93 bits per heavy atom. The van der Waals surface area contributed by atoms with Gasteiger partial charge in [-0.3, -0.25) is 9.59 Å². The number of aromatic nitrogens is 2. The maximum Gasteiger partial charge on any atom is 0.258 e. The van der Waals surface area contributed by atoms with Crippen molar-refractivity contribution in [1.29, 1.82) is 0 Å². The van der Waals surface area contributed by atoms with Crippen LogP contribution in [-0.2, 0) is 11.3 Å². The van der Waals surface area contributed by atoms with E-state index >= 15 is 0 Å². The maximum absolute atomic E-state index is 13.0. The second kappa shape index (κ2) is 9.13. The molecule has 3 rings (SSSR count). The number of carbonyl (C=O) groups excluding carboxylic acids is 1. The number of carbonyl (C=O) groups is 1. The highest BCUT2D eigenvalue weighted by atomic mass is 79.9. The summed E-state index contributed by atoms with van der Waals surface area (Å²) in [4.78, 5) is 35.5. The van der Waals surface area contributed by atoms with Gasteiger partial charge in [-0.15, -0.1) is 11.8 Å². The molecule has 0 aliphatic carbocycles. The predicted molar refractivity (Wildman–Crippen MR) is 122 cm³/mol. The largest absolute Gasteiger partial charge is 0.332 e. The molecule has 0 saturated heterocycles. The zero-order valence-electron chi connectivity index (χ0n) is 17.0. The van der Waals surface area contributed by atoms with Crippen molar-refractivity contribution < 1.29 is 4.79 Å². The maximum atomic E-state index is 13.0. The van der Waals surface area contributed by atoms with E-state index in [0.717, 1.165) is 20.5 Å². The van der Waals surface area contributed by atoms with Crippen LogP contribution in [0.5, 0.6) is 0 Å². The first kappa shape index (κ1) is 21.6. The number of nitrogens with one attached hydrogen (secondary N) is 1. The summed E-state index contributed by atoms with van der Waals surface area (Å²) >= 11 is 5.08. The van der Waals surface area contributed by atoms with Crippen molar-refractivity contribution in [2.45, 2.75) is 45.2 Å². The highest BCUT2D eigenvalue weighted by Crippen LogP contribution is 2.28. The van der Waals surface area contributed by atoms with Gasteiger partial charge in [-0.05, 0) is 63.1 Å². The Hall–Kier alpha value is -2.12. The van der Waals surface area contributed by atoms with Crippen LogP contribution >= 0.6 is 27.7 Å². The van der Waals surface area contributed by atoms with Gasteiger partial charge in [-0.2, -0.15) is 0 Å². The molecule has 0 atom stereocenters. The van der Waals surface area contributed by atoms with Crippen molar-refractivity contribution in [3.05, 3.63) is 68.2 Å². The van der Waals surface area contributed by atoms with Crippen LogP contribution in [0.1, 0.15) is 30.8 Å². The fourth-order valence-electron chi connectivity index (χ4n) is 3.06. The molecule has 1 aromatic heterocycles. The molecule has 152 valence electrons. The Balaban J connectivity index is 1.77. The van der Waals surface area contributed by atoms with Gasteiger partial charge < -0.3 is 9.88 Å². The van der Waals surface area contributed by atoms with Crippen LogP contribution in [0, 0.1) is 13.8 Å². The number of hydrogen-bond donors (Lipinski definition) is 1. The fourth-order valence-corrected chi connectivity index (χ4v) is 4.51. The summed E-state index contributed by atoms with van der Waals surface area (Å²) < 4.78 is 1.07. The number of nitrogens with zero attached hydrogens (tertiary/aromatic N) is 2.